The van der Waals surface area contributed by atoms with Crippen LogP contribution in [0.1, 0.15) is 128 Å². The molecule has 0 heterocycles. The third-order valence-electron chi connectivity index (χ3n) is 13.4. The number of carbonyl (C=O) groups is 5. The smallest absolute Gasteiger partial charge is 0.306 e. The monoisotopic (exact) mass is 748 g/mol. The summed E-state index contributed by atoms with van der Waals surface area (Å²) in [6, 6.07) is 8.60. The van der Waals surface area contributed by atoms with Crippen LogP contribution in [0.4, 0.5) is 0 Å². The zero-order valence-electron chi connectivity index (χ0n) is 33.8. The highest BCUT2D eigenvalue weighted by atomic mass is 16.5. The van der Waals surface area contributed by atoms with Gasteiger partial charge in [0.1, 0.15) is 35.0 Å². The Morgan fingerprint density at radius 1 is 1.00 bits per heavy atom. The van der Waals surface area contributed by atoms with E-state index in [2.05, 4.69) is 49.4 Å². The van der Waals surface area contributed by atoms with E-state index in [1.807, 2.05) is 19.9 Å². The van der Waals surface area contributed by atoms with Crippen LogP contribution in [0.15, 0.2) is 54.1 Å². The van der Waals surface area contributed by atoms with Crippen LogP contribution >= 0.6 is 0 Å². The molecule has 2 aromatic rings. The number of rotatable bonds is 18. The van der Waals surface area contributed by atoms with E-state index in [-0.39, 0.29) is 64.8 Å². The Morgan fingerprint density at radius 2 is 1.75 bits per heavy atom. The number of hydrogen-bond donors (Lipinski definition) is 0. The lowest BCUT2D eigenvalue weighted by molar-refractivity contribution is -0.152. The minimum absolute atomic E-state index is 0.00839. The average Bonchev–Trinajstić information content (AvgIpc) is 3.63. The molecule has 3 saturated carbocycles. The summed E-state index contributed by atoms with van der Waals surface area (Å²) < 4.78 is 11.6. The molecule has 4 aliphatic carbocycles. The van der Waals surface area contributed by atoms with Gasteiger partial charge in [-0.1, -0.05) is 55.9 Å². The summed E-state index contributed by atoms with van der Waals surface area (Å²) in [4.78, 5) is 65.4. The standard InChI is InChI=1S/C48H60O7/c1-7-39(51)22-32-16-17-34(20-32)36-25-37(41-18-19-45(54-6)29(2)42(41)26-36)21-33-23-43(30(3)49)44(24-33)47(53)35(27-46(52)55-40-14-10-11-15-40)12-8-9-13-38-28-48(38,5)31(4)50/h9,13,17-20,25-26,33,35,38,40,43-44H,7-8,10-12,14-16,21-24,27-28H2,1-6H3/b13-9-. The normalized spacial score (nSPS) is 25.6. The maximum Gasteiger partial charge on any atom is 0.306 e. The Labute approximate surface area is 327 Å². The van der Waals surface area contributed by atoms with Crippen LogP contribution in [0.5, 0.6) is 5.75 Å². The predicted octanol–water partition coefficient (Wildman–Crippen LogP) is 10.0. The number of benzene rings is 2. The van der Waals surface area contributed by atoms with Gasteiger partial charge in [0.15, 0.2) is 0 Å². The summed E-state index contributed by atoms with van der Waals surface area (Å²) >= 11 is 0. The number of ether oxygens (including phenoxy) is 2. The molecule has 7 heteroatoms. The number of allylic oxidation sites excluding steroid dienone is 6. The quantitative estimate of drug-likeness (QED) is 0.110. The fourth-order valence-corrected chi connectivity index (χ4v) is 9.59. The van der Waals surface area contributed by atoms with E-state index in [1.54, 1.807) is 21.0 Å². The summed E-state index contributed by atoms with van der Waals surface area (Å²) in [5, 5.41) is 2.24. The summed E-state index contributed by atoms with van der Waals surface area (Å²) in [5.74, 6) is -0.0575. The highest BCUT2D eigenvalue weighted by molar-refractivity contribution is 5.95. The molecule has 3 fully saturated rings. The number of Topliss-reactive ketones (excluding diaryl/α,β-unsaturated/α-hetero) is 4. The Balaban J connectivity index is 1.23. The van der Waals surface area contributed by atoms with Gasteiger partial charge >= 0.3 is 5.97 Å². The number of ketones is 4. The molecular formula is C48H60O7. The minimum atomic E-state index is -0.531. The second kappa shape index (κ2) is 17.3. The average molecular weight is 749 g/mol. The number of esters is 1. The Bertz CT molecular complexity index is 1920. The number of carbonyl (C=O) groups excluding carboxylic acids is 5. The van der Waals surface area contributed by atoms with Gasteiger partial charge in [-0.3, -0.25) is 24.0 Å². The lowest BCUT2D eigenvalue weighted by atomic mass is 9.80. The second-order valence-electron chi connectivity index (χ2n) is 17.2. The van der Waals surface area contributed by atoms with E-state index >= 15 is 0 Å². The van der Waals surface area contributed by atoms with E-state index in [1.165, 1.54) is 5.56 Å². The van der Waals surface area contributed by atoms with Gasteiger partial charge in [0.25, 0.3) is 0 Å². The first kappa shape index (κ1) is 40.5. The highest BCUT2D eigenvalue weighted by Gasteiger charge is 2.52. The molecule has 6 rings (SSSR count). The van der Waals surface area contributed by atoms with Crippen molar-refractivity contribution in [2.45, 2.75) is 131 Å². The van der Waals surface area contributed by atoms with Gasteiger partial charge in [0, 0.05) is 36.0 Å². The maximum atomic E-state index is 14.6. The van der Waals surface area contributed by atoms with Gasteiger partial charge < -0.3 is 9.47 Å². The van der Waals surface area contributed by atoms with Crippen LogP contribution in [0.25, 0.3) is 16.3 Å². The molecule has 0 N–H and O–H groups in total. The maximum absolute atomic E-state index is 14.6. The third-order valence-corrected chi connectivity index (χ3v) is 13.4. The molecule has 7 nitrogen and oxygen atoms in total. The SMILES string of the molecule is CCC(=O)CC1=CC(c2cc(CC3CC(C(C)=O)C(C(=O)C(CC/C=C\C4CC4(C)C(C)=O)CC(=O)OC4CCCC4)C3)c3ccc(OC)c(C)c3c2)=CC1. The summed E-state index contributed by atoms with van der Waals surface area (Å²) in [6.45, 7) is 9.23. The molecule has 2 aromatic carbocycles. The van der Waals surface area contributed by atoms with Crippen LogP contribution in [0.2, 0.25) is 0 Å². The van der Waals surface area contributed by atoms with Gasteiger partial charge in [-0.15, -0.1) is 0 Å². The van der Waals surface area contributed by atoms with Crippen molar-refractivity contribution in [2.24, 2.45) is 35.0 Å². The van der Waals surface area contributed by atoms with Crippen molar-refractivity contribution in [3.63, 3.8) is 0 Å². The molecule has 0 amide bonds. The van der Waals surface area contributed by atoms with Crippen LogP contribution in [0.3, 0.4) is 0 Å². The van der Waals surface area contributed by atoms with Crippen LogP contribution in [-0.2, 0) is 35.1 Å². The van der Waals surface area contributed by atoms with Crippen molar-refractivity contribution in [3.8, 4) is 5.75 Å². The number of fused-ring (bicyclic) bond motifs is 1. The van der Waals surface area contributed by atoms with Crippen LogP contribution < -0.4 is 4.74 Å². The van der Waals surface area contributed by atoms with Crippen molar-refractivity contribution in [1.29, 1.82) is 0 Å². The van der Waals surface area contributed by atoms with Crippen molar-refractivity contribution in [3.05, 3.63) is 70.8 Å². The Hall–Kier alpha value is -4.13. The van der Waals surface area contributed by atoms with Gasteiger partial charge in [0.2, 0.25) is 0 Å². The molecule has 4 aliphatic rings. The lowest BCUT2D eigenvalue weighted by Crippen LogP contribution is -2.31. The van der Waals surface area contributed by atoms with Crippen molar-refractivity contribution >= 4 is 45.4 Å². The summed E-state index contributed by atoms with van der Waals surface area (Å²) in [7, 11) is 1.69. The van der Waals surface area contributed by atoms with Crippen molar-refractivity contribution in [1.82, 2.24) is 0 Å². The molecule has 0 aromatic heterocycles. The van der Waals surface area contributed by atoms with Crippen molar-refractivity contribution in [2.75, 3.05) is 7.11 Å². The van der Waals surface area contributed by atoms with Gasteiger partial charge in [0.05, 0.1) is 13.5 Å². The fraction of sp³-hybridized carbons (Fsp3) is 0.562. The molecule has 0 saturated heterocycles. The number of hydrogen-bond acceptors (Lipinski definition) is 7. The lowest BCUT2D eigenvalue weighted by Gasteiger charge is -2.23. The van der Waals surface area contributed by atoms with E-state index < -0.39 is 11.8 Å². The topological polar surface area (TPSA) is 104 Å². The van der Waals surface area contributed by atoms with Gasteiger partial charge in [-0.05, 0) is 148 Å². The van der Waals surface area contributed by atoms with Crippen LogP contribution in [0, 0.1) is 41.9 Å². The van der Waals surface area contributed by atoms with E-state index in [0.717, 1.165) is 83.7 Å². The Kier molecular flexibility index (Phi) is 12.8. The number of methoxy groups -OCH3 is 1. The fourth-order valence-electron chi connectivity index (χ4n) is 9.59. The van der Waals surface area contributed by atoms with Crippen LogP contribution in [-0.4, -0.2) is 42.3 Å². The first-order chi connectivity index (χ1) is 26.3. The Morgan fingerprint density at radius 3 is 2.42 bits per heavy atom. The predicted molar refractivity (Wildman–Crippen MR) is 217 cm³/mol. The summed E-state index contributed by atoms with van der Waals surface area (Å²) in [6.07, 6.45) is 18.0. The first-order valence-corrected chi connectivity index (χ1v) is 20.7. The second-order valence-corrected chi connectivity index (χ2v) is 17.2. The molecule has 6 atom stereocenters. The van der Waals surface area contributed by atoms with Gasteiger partial charge in [-0.25, -0.2) is 0 Å². The molecule has 0 spiro atoms. The van der Waals surface area contributed by atoms with E-state index in [9.17, 15) is 24.0 Å². The molecule has 55 heavy (non-hydrogen) atoms. The number of aryl methyl sites for hydroxylation is 1. The largest absolute Gasteiger partial charge is 0.496 e. The molecule has 0 radical (unpaired) electrons. The van der Waals surface area contributed by atoms with E-state index in [0.29, 0.717) is 38.5 Å². The first-order valence-electron chi connectivity index (χ1n) is 20.7. The third kappa shape index (κ3) is 9.30. The van der Waals surface area contributed by atoms with E-state index in [4.69, 9.17) is 9.47 Å². The van der Waals surface area contributed by atoms with Gasteiger partial charge in [-0.2, -0.15) is 0 Å². The molecule has 0 aliphatic heterocycles. The molecular weight excluding hydrogens is 689 g/mol. The zero-order valence-corrected chi connectivity index (χ0v) is 33.8. The minimum Gasteiger partial charge on any atom is -0.496 e. The summed E-state index contributed by atoms with van der Waals surface area (Å²) in [5.41, 5.74) is 5.27. The molecule has 294 valence electrons. The zero-order chi connectivity index (χ0) is 39.4. The molecule has 0 bridgehead atoms. The molecule has 6 unspecified atom stereocenters. The highest BCUT2D eigenvalue weighted by Crippen LogP contribution is 2.53. The van der Waals surface area contributed by atoms with Crippen molar-refractivity contribution < 1.29 is 33.4 Å².